The fourth-order valence-corrected chi connectivity index (χ4v) is 3.95. The van der Waals surface area contributed by atoms with Gasteiger partial charge in [0.1, 0.15) is 0 Å². The number of hydrogen-bond donors (Lipinski definition) is 1. The maximum Gasteiger partial charge on any atom is 0.187 e. The molecule has 4 aromatic rings. The van der Waals surface area contributed by atoms with E-state index >= 15 is 0 Å². The van der Waals surface area contributed by atoms with E-state index in [4.69, 9.17) is 11.6 Å². The lowest BCUT2D eigenvalue weighted by atomic mass is 10.1. The van der Waals surface area contributed by atoms with Gasteiger partial charge in [0.2, 0.25) is 0 Å². The van der Waals surface area contributed by atoms with Crippen LogP contribution in [0.15, 0.2) is 59.3 Å². The molecule has 0 amide bonds. The number of halogens is 1. The van der Waals surface area contributed by atoms with E-state index in [1.807, 2.05) is 48.7 Å². The number of anilines is 2. The number of nitrogens with one attached hydrogen (secondary N) is 1. The van der Waals surface area contributed by atoms with Gasteiger partial charge in [0.15, 0.2) is 5.13 Å². The SMILES string of the molecule is Cc1nc(-c2cccc(Nc3nc(-c4ccc(Cl)cc4)cs3)c2)cs1. The summed E-state index contributed by atoms with van der Waals surface area (Å²) < 4.78 is 0. The average molecular weight is 384 g/mol. The molecule has 2 aromatic carbocycles. The van der Waals surface area contributed by atoms with Crippen LogP contribution in [-0.4, -0.2) is 9.97 Å². The normalized spacial score (nSPS) is 10.8. The summed E-state index contributed by atoms with van der Waals surface area (Å²) in [5.41, 5.74) is 5.10. The van der Waals surface area contributed by atoms with Crippen molar-refractivity contribution in [3.05, 3.63) is 69.3 Å². The second kappa shape index (κ2) is 6.96. The van der Waals surface area contributed by atoms with E-state index in [2.05, 4.69) is 32.8 Å². The Morgan fingerprint density at radius 1 is 0.880 bits per heavy atom. The zero-order chi connectivity index (χ0) is 17.2. The summed E-state index contributed by atoms with van der Waals surface area (Å²) in [6.45, 7) is 2.02. The summed E-state index contributed by atoms with van der Waals surface area (Å²) in [5.74, 6) is 0. The maximum atomic E-state index is 5.94. The monoisotopic (exact) mass is 383 g/mol. The molecule has 0 spiro atoms. The molecule has 0 radical (unpaired) electrons. The van der Waals surface area contributed by atoms with Crippen molar-refractivity contribution in [2.45, 2.75) is 6.92 Å². The highest BCUT2D eigenvalue weighted by Gasteiger charge is 2.07. The summed E-state index contributed by atoms with van der Waals surface area (Å²) in [4.78, 5) is 9.21. The third-order valence-electron chi connectivity index (χ3n) is 3.67. The van der Waals surface area contributed by atoms with Gasteiger partial charge in [-0.3, -0.25) is 0 Å². The number of aryl methyl sites for hydroxylation is 1. The highest BCUT2D eigenvalue weighted by atomic mass is 35.5. The van der Waals surface area contributed by atoms with Crippen LogP contribution in [0.3, 0.4) is 0 Å². The second-order valence-corrected chi connectivity index (χ2v) is 7.86. The standard InChI is InChI=1S/C19H14ClN3S2/c1-12-21-18(10-24-12)14-3-2-4-16(9-14)22-19-23-17(11-25-19)13-5-7-15(20)8-6-13/h2-11H,1H3,(H,22,23). The summed E-state index contributed by atoms with van der Waals surface area (Å²) in [6.07, 6.45) is 0. The Hall–Kier alpha value is -2.21. The fourth-order valence-electron chi connectivity index (χ4n) is 2.46. The van der Waals surface area contributed by atoms with Crippen LogP contribution in [0.2, 0.25) is 5.02 Å². The molecule has 3 nitrogen and oxygen atoms in total. The van der Waals surface area contributed by atoms with Gasteiger partial charge in [0.05, 0.1) is 16.4 Å². The Kier molecular flexibility index (Phi) is 4.53. The van der Waals surface area contributed by atoms with Crippen molar-refractivity contribution in [1.29, 1.82) is 0 Å². The van der Waals surface area contributed by atoms with Gasteiger partial charge in [-0.1, -0.05) is 35.9 Å². The van der Waals surface area contributed by atoms with E-state index in [0.29, 0.717) is 0 Å². The third-order valence-corrected chi connectivity index (χ3v) is 5.46. The molecule has 4 rings (SSSR count). The lowest BCUT2D eigenvalue weighted by molar-refractivity contribution is 1.30. The Labute approximate surface area is 159 Å². The van der Waals surface area contributed by atoms with Crippen LogP contribution in [-0.2, 0) is 0 Å². The van der Waals surface area contributed by atoms with Crippen molar-refractivity contribution in [3.8, 4) is 22.5 Å². The molecule has 0 bridgehead atoms. The highest BCUT2D eigenvalue weighted by Crippen LogP contribution is 2.30. The van der Waals surface area contributed by atoms with Crippen molar-refractivity contribution in [3.63, 3.8) is 0 Å². The number of nitrogens with zero attached hydrogens (tertiary/aromatic N) is 2. The first-order chi connectivity index (χ1) is 12.2. The lowest BCUT2D eigenvalue weighted by Crippen LogP contribution is -1.90. The van der Waals surface area contributed by atoms with Gasteiger partial charge in [-0.15, -0.1) is 22.7 Å². The van der Waals surface area contributed by atoms with E-state index < -0.39 is 0 Å². The predicted molar refractivity (Wildman–Crippen MR) is 108 cm³/mol. The zero-order valence-electron chi connectivity index (χ0n) is 13.4. The van der Waals surface area contributed by atoms with Gasteiger partial charge in [0, 0.05) is 32.6 Å². The molecule has 0 aliphatic rings. The van der Waals surface area contributed by atoms with Crippen LogP contribution in [0.5, 0.6) is 0 Å². The third kappa shape index (κ3) is 3.74. The van der Waals surface area contributed by atoms with Crippen LogP contribution in [0, 0.1) is 6.92 Å². The number of thiazole rings is 2. The second-order valence-electron chi connectivity index (χ2n) is 5.50. The molecule has 0 atom stereocenters. The summed E-state index contributed by atoms with van der Waals surface area (Å²) in [7, 11) is 0. The van der Waals surface area contributed by atoms with E-state index in [1.54, 1.807) is 22.7 Å². The molecule has 124 valence electrons. The summed E-state index contributed by atoms with van der Waals surface area (Å²) in [6, 6.07) is 15.9. The van der Waals surface area contributed by atoms with E-state index in [-0.39, 0.29) is 0 Å². The van der Waals surface area contributed by atoms with Gasteiger partial charge in [-0.2, -0.15) is 0 Å². The van der Waals surface area contributed by atoms with Crippen molar-refractivity contribution >= 4 is 45.1 Å². The molecule has 0 unspecified atom stereocenters. The van der Waals surface area contributed by atoms with Gasteiger partial charge in [0.25, 0.3) is 0 Å². The Bertz CT molecular complexity index is 1010. The summed E-state index contributed by atoms with van der Waals surface area (Å²) >= 11 is 9.18. The van der Waals surface area contributed by atoms with Crippen molar-refractivity contribution < 1.29 is 0 Å². The van der Waals surface area contributed by atoms with Crippen LogP contribution in [0.1, 0.15) is 5.01 Å². The van der Waals surface area contributed by atoms with Gasteiger partial charge in [-0.05, 0) is 31.2 Å². The molecule has 1 N–H and O–H groups in total. The number of hydrogen-bond acceptors (Lipinski definition) is 5. The fraction of sp³-hybridized carbons (Fsp3) is 0.0526. The average Bonchev–Trinajstić information content (AvgIpc) is 3.25. The smallest absolute Gasteiger partial charge is 0.187 e. The molecule has 2 heterocycles. The quantitative estimate of drug-likeness (QED) is 0.429. The molecule has 2 aromatic heterocycles. The van der Waals surface area contributed by atoms with Crippen LogP contribution < -0.4 is 5.32 Å². The molecular weight excluding hydrogens is 370 g/mol. The molecule has 0 saturated carbocycles. The Balaban J connectivity index is 1.56. The largest absolute Gasteiger partial charge is 0.332 e. The molecule has 25 heavy (non-hydrogen) atoms. The van der Waals surface area contributed by atoms with Gasteiger partial charge in [-0.25, -0.2) is 9.97 Å². The molecule has 0 fully saturated rings. The van der Waals surface area contributed by atoms with Crippen molar-refractivity contribution in [2.24, 2.45) is 0 Å². The van der Waals surface area contributed by atoms with Crippen LogP contribution in [0.4, 0.5) is 10.8 Å². The molecular formula is C19H14ClN3S2. The molecule has 0 aliphatic heterocycles. The van der Waals surface area contributed by atoms with Crippen molar-refractivity contribution in [1.82, 2.24) is 9.97 Å². The zero-order valence-corrected chi connectivity index (χ0v) is 15.8. The molecule has 0 saturated heterocycles. The minimum absolute atomic E-state index is 0.728. The first-order valence-electron chi connectivity index (χ1n) is 7.68. The lowest BCUT2D eigenvalue weighted by Gasteiger charge is -2.04. The number of aromatic nitrogens is 2. The van der Waals surface area contributed by atoms with E-state index in [0.717, 1.165) is 43.4 Å². The Morgan fingerprint density at radius 3 is 2.40 bits per heavy atom. The van der Waals surface area contributed by atoms with Crippen LogP contribution >= 0.6 is 34.3 Å². The van der Waals surface area contributed by atoms with E-state index in [9.17, 15) is 0 Å². The number of rotatable bonds is 4. The first-order valence-corrected chi connectivity index (χ1v) is 9.82. The van der Waals surface area contributed by atoms with Gasteiger partial charge < -0.3 is 5.32 Å². The molecule has 6 heteroatoms. The highest BCUT2D eigenvalue weighted by molar-refractivity contribution is 7.14. The predicted octanol–water partition coefficient (Wildman–Crippen LogP) is 6.64. The number of benzene rings is 2. The van der Waals surface area contributed by atoms with E-state index in [1.165, 1.54) is 0 Å². The minimum atomic E-state index is 0.728. The maximum absolute atomic E-state index is 5.94. The van der Waals surface area contributed by atoms with Crippen LogP contribution in [0.25, 0.3) is 22.5 Å². The Morgan fingerprint density at radius 2 is 1.64 bits per heavy atom. The van der Waals surface area contributed by atoms with Gasteiger partial charge >= 0.3 is 0 Å². The van der Waals surface area contributed by atoms with Crippen molar-refractivity contribution in [2.75, 3.05) is 5.32 Å². The minimum Gasteiger partial charge on any atom is -0.332 e. The summed E-state index contributed by atoms with van der Waals surface area (Å²) in [5, 5.41) is 10.2. The topological polar surface area (TPSA) is 37.8 Å². The molecule has 0 aliphatic carbocycles. The first kappa shape index (κ1) is 16.3.